The molecule has 0 unspecified atom stereocenters. The summed E-state index contributed by atoms with van der Waals surface area (Å²) in [6, 6.07) is 28.6. The van der Waals surface area contributed by atoms with E-state index in [-0.39, 0.29) is 0 Å². The Kier molecular flexibility index (Phi) is 7.03. The number of para-hydroxylation sites is 1. The van der Waals surface area contributed by atoms with Crippen LogP contribution in [0.15, 0.2) is 84.9 Å². The van der Waals surface area contributed by atoms with Crippen molar-refractivity contribution in [3.63, 3.8) is 0 Å². The predicted octanol–water partition coefficient (Wildman–Crippen LogP) is 4.30. The molecule has 0 aliphatic carbocycles. The van der Waals surface area contributed by atoms with Crippen molar-refractivity contribution in [2.24, 2.45) is 0 Å². The van der Waals surface area contributed by atoms with Crippen molar-refractivity contribution in [3.05, 3.63) is 102 Å². The van der Waals surface area contributed by atoms with E-state index in [4.69, 9.17) is 4.74 Å². The highest BCUT2D eigenvalue weighted by Crippen LogP contribution is 2.21. The molecule has 0 aromatic heterocycles. The minimum Gasteiger partial charge on any atom is -0.496 e. The Morgan fingerprint density at radius 2 is 1.37 bits per heavy atom. The third-order valence-corrected chi connectivity index (χ3v) is 4.62. The van der Waals surface area contributed by atoms with E-state index in [0.717, 1.165) is 30.0 Å². The summed E-state index contributed by atoms with van der Waals surface area (Å²) in [6.07, 6.45) is 0.226. The summed E-state index contributed by atoms with van der Waals surface area (Å²) in [5.74, 6) is 0.883. The van der Waals surface area contributed by atoms with Gasteiger partial charge in [0.05, 0.1) is 13.2 Å². The largest absolute Gasteiger partial charge is 0.496 e. The van der Waals surface area contributed by atoms with E-state index < -0.39 is 6.10 Å². The number of aliphatic hydroxyl groups excluding tert-OH is 1. The molecule has 1 N–H and O–H groups in total. The molecule has 3 aromatic rings. The summed E-state index contributed by atoms with van der Waals surface area (Å²) in [5.41, 5.74) is 3.52. The third-order valence-electron chi connectivity index (χ3n) is 4.62. The Morgan fingerprint density at radius 1 is 0.778 bits per heavy atom. The van der Waals surface area contributed by atoms with Gasteiger partial charge in [0.2, 0.25) is 0 Å². The van der Waals surface area contributed by atoms with Gasteiger partial charge in [-0.3, -0.25) is 4.90 Å². The van der Waals surface area contributed by atoms with Crippen molar-refractivity contribution in [3.8, 4) is 5.75 Å². The van der Waals surface area contributed by atoms with Crippen molar-refractivity contribution in [1.29, 1.82) is 0 Å². The third kappa shape index (κ3) is 5.95. The maximum absolute atomic E-state index is 10.7. The van der Waals surface area contributed by atoms with Gasteiger partial charge in [0.1, 0.15) is 5.75 Å². The molecule has 0 radical (unpaired) electrons. The van der Waals surface area contributed by atoms with Crippen molar-refractivity contribution in [2.75, 3.05) is 13.7 Å². The van der Waals surface area contributed by atoms with Crippen LogP contribution in [0.1, 0.15) is 16.7 Å². The molecule has 3 nitrogen and oxygen atoms in total. The van der Waals surface area contributed by atoms with Gasteiger partial charge in [0, 0.05) is 25.2 Å². The van der Waals surface area contributed by atoms with Gasteiger partial charge in [-0.15, -0.1) is 0 Å². The van der Waals surface area contributed by atoms with E-state index in [1.54, 1.807) is 7.11 Å². The summed E-state index contributed by atoms with van der Waals surface area (Å²) < 4.78 is 5.51. The molecular formula is C24H27NO2. The summed E-state index contributed by atoms with van der Waals surface area (Å²) in [7, 11) is 1.70. The highest BCUT2D eigenvalue weighted by atomic mass is 16.5. The van der Waals surface area contributed by atoms with Crippen LogP contribution in [-0.4, -0.2) is 29.8 Å². The molecule has 0 spiro atoms. The number of rotatable bonds is 9. The second-order valence-electron chi connectivity index (χ2n) is 6.81. The topological polar surface area (TPSA) is 32.7 Å². The number of hydrogen-bond acceptors (Lipinski definition) is 3. The minimum absolute atomic E-state index is 0.425. The van der Waals surface area contributed by atoms with Gasteiger partial charge < -0.3 is 9.84 Å². The number of hydrogen-bond donors (Lipinski definition) is 1. The van der Waals surface area contributed by atoms with Gasteiger partial charge >= 0.3 is 0 Å². The van der Waals surface area contributed by atoms with Crippen molar-refractivity contribution < 1.29 is 9.84 Å². The molecule has 0 bridgehead atoms. The molecule has 0 saturated carbocycles. The highest BCUT2D eigenvalue weighted by molar-refractivity contribution is 5.33. The Balaban J connectivity index is 1.72. The van der Waals surface area contributed by atoms with Crippen molar-refractivity contribution >= 4 is 0 Å². The van der Waals surface area contributed by atoms with E-state index in [0.29, 0.717) is 13.0 Å². The Labute approximate surface area is 161 Å². The van der Waals surface area contributed by atoms with Gasteiger partial charge in [-0.25, -0.2) is 0 Å². The lowest BCUT2D eigenvalue weighted by atomic mass is 10.1. The fourth-order valence-corrected chi connectivity index (χ4v) is 3.35. The zero-order valence-electron chi connectivity index (χ0n) is 15.8. The van der Waals surface area contributed by atoms with Crippen molar-refractivity contribution in [1.82, 2.24) is 4.90 Å². The quantitative estimate of drug-likeness (QED) is 0.617. The molecule has 3 heteroatoms. The van der Waals surface area contributed by atoms with E-state index >= 15 is 0 Å². The van der Waals surface area contributed by atoms with E-state index in [1.165, 1.54) is 5.56 Å². The molecular weight excluding hydrogens is 334 g/mol. The first-order valence-corrected chi connectivity index (χ1v) is 9.35. The summed E-state index contributed by atoms with van der Waals surface area (Å²) in [5, 5.41) is 10.7. The van der Waals surface area contributed by atoms with Crippen LogP contribution in [0.4, 0.5) is 0 Å². The Hall–Kier alpha value is -2.62. The fraction of sp³-hybridized carbons (Fsp3) is 0.250. The normalized spacial score (nSPS) is 12.1. The summed E-state index contributed by atoms with van der Waals surface area (Å²) in [6.45, 7) is 2.11. The van der Waals surface area contributed by atoms with Crippen LogP contribution in [0.25, 0.3) is 0 Å². The molecule has 0 heterocycles. The molecule has 0 saturated heterocycles. The van der Waals surface area contributed by atoms with E-state index in [9.17, 15) is 5.11 Å². The standard InChI is InChI=1S/C24H27NO2/c1-27-24-15-9-8-14-22(24)18-25(17-21-12-6-3-7-13-21)19-23(26)16-20-10-4-2-5-11-20/h2-15,23,26H,16-19H2,1H3/t23-/m0/s1. The van der Waals surface area contributed by atoms with Crippen molar-refractivity contribution in [2.45, 2.75) is 25.6 Å². The molecule has 27 heavy (non-hydrogen) atoms. The highest BCUT2D eigenvalue weighted by Gasteiger charge is 2.15. The van der Waals surface area contributed by atoms with E-state index in [1.807, 2.05) is 42.5 Å². The molecule has 140 valence electrons. The first-order valence-electron chi connectivity index (χ1n) is 9.35. The molecule has 0 aliphatic rings. The SMILES string of the molecule is COc1ccccc1CN(Cc1ccccc1)C[C@@H](O)Cc1ccccc1. The average Bonchev–Trinajstić information content (AvgIpc) is 2.70. The number of ether oxygens (including phenoxy) is 1. The fourth-order valence-electron chi connectivity index (χ4n) is 3.35. The lowest BCUT2D eigenvalue weighted by Crippen LogP contribution is -2.33. The smallest absolute Gasteiger partial charge is 0.123 e. The number of nitrogens with zero attached hydrogens (tertiary/aromatic N) is 1. The van der Waals surface area contributed by atoms with Gasteiger partial charge in [-0.05, 0) is 23.6 Å². The van der Waals surface area contributed by atoms with Gasteiger partial charge in [0.15, 0.2) is 0 Å². The van der Waals surface area contributed by atoms with Crippen LogP contribution >= 0.6 is 0 Å². The number of methoxy groups -OCH3 is 1. The first kappa shape index (κ1) is 19.2. The first-order chi connectivity index (χ1) is 13.2. The summed E-state index contributed by atoms with van der Waals surface area (Å²) >= 11 is 0. The zero-order valence-corrected chi connectivity index (χ0v) is 15.8. The van der Waals surface area contributed by atoms with Crippen LogP contribution in [0.5, 0.6) is 5.75 Å². The van der Waals surface area contributed by atoms with Crippen LogP contribution in [0, 0.1) is 0 Å². The lowest BCUT2D eigenvalue weighted by Gasteiger charge is -2.26. The van der Waals surface area contributed by atoms with E-state index in [2.05, 4.69) is 47.4 Å². The lowest BCUT2D eigenvalue weighted by molar-refractivity contribution is 0.104. The second kappa shape index (κ2) is 9.91. The minimum atomic E-state index is -0.425. The maximum atomic E-state index is 10.7. The molecule has 3 aromatic carbocycles. The zero-order chi connectivity index (χ0) is 18.9. The second-order valence-corrected chi connectivity index (χ2v) is 6.81. The molecule has 1 atom stereocenters. The number of aliphatic hydroxyl groups is 1. The monoisotopic (exact) mass is 361 g/mol. The van der Waals surface area contributed by atoms with Crippen LogP contribution in [0.3, 0.4) is 0 Å². The average molecular weight is 361 g/mol. The Morgan fingerprint density at radius 3 is 2.04 bits per heavy atom. The van der Waals surface area contributed by atoms with Gasteiger partial charge in [0.25, 0.3) is 0 Å². The van der Waals surface area contributed by atoms with Gasteiger partial charge in [-0.2, -0.15) is 0 Å². The molecule has 3 rings (SSSR count). The predicted molar refractivity (Wildman–Crippen MR) is 110 cm³/mol. The van der Waals surface area contributed by atoms with Crippen LogP contribution < -0.4 is 4.74 Å². The molecule has 0 aliphatic heterocycles. The van der Waals surface area contributed by atoms with Crippen LogP contribution in [0.2, 0.25) is 0 Å². The molecule has 0 fully saturated rings. The molecule has 0 amide bonds. The summed E-state index contributed by atoms with van der Waals surface area (Å²) in [4.78, 5) is 2.28. The van der Waals surface area contributed by atoms with Crippen LogP contribution in [-0.2, 0) is 19.5 Å². The maximum Gasteiger partial charge on any atom is 0.123 e. The Bertz CT molecular complexity index is 805. The van der Waals surface area contributed by atoms with Gasteiger partial charge in [-0.1, -0.05) is 78.9 Å². The number of benzene rings is 3.